The molecular weight excluding hydrogens is 252 g/mol. The van der Waals surface area contributed by atoms with Crippen LogP contribution in [0.1, 0.15) is 24.0 Å². The number of piperazine rings is 1. The third kappa shape index (κ3) is 2.91. The number of hydrogen-bond donors (Lipinski definition) is 2. The van der Waals surface area contributed by atoms with Gasteiger partial charge in [-0.05, 0) is 30.5 Å². The zero-order valence-electron chi connectivity index (χ0n) is 11.4. The Kier molecular flexibility index (Phi) is 3.57. The molecule has 20 heavy (non-hydrogen) atoms. The first-order valence-corrected chi connectivity index (χ1v) is 7.04. The first-order valence-electron chi connectivity index (χ1n) is 7.04. The van der Waals surface area contributed by atoms with Crippen molar-refractivity contribution in [1.82, 2.24) is 10.6 Å². The molecule has 2 fully saturated rings. The maximum absolute atomic E-state index is 11.5. The smallest absolute Gasteiger partial charge is 0.239 e. The van der Waals surface area contributed by atoms with E-state index in [4.69, 9.17) is 0 Å². The molecular formula is C15H18N4O. The van der Waals surface area contributed by atoms with Crippen LogP contribution in [-0.4, -0.2) is 31.6 Å². The Morgan fingerprint density at radius 2 is 2.30 bits per heavy atom. The summed E-state index contributed by atoms with van der Waals surface area (Å²) in [5, 5.41) is 15.6. The molecule has 2 N–H and O–H groups in total. The van der Waals surface area contributed by atoms with E-state index in [-0.39, 0.29) is 5.91 Å². The number of carbonyl (C=O) groups excluding carboxylic acids is 1. The minimum Gasteiger partial charge on any atom is -0.359 e. The van der Waals surface area contributed by atoms with Gasteiger partial charge in [-0.25, -0.2) is 0 Å². The summed E-state index contributed by atoms with van der Waals surface area (Å²) in [6.45, 7) is 2.52. The SMILES string of the molecule is N#Cc1cc(CNC2CC2)ccc1N1CCNC(=O)C1. The van der Waals surface area contributed by atoms with E-state index in [1.54, 1.807) is 0 Å². The van der Waals surface area contributed by atoms with Crippen molar-refractivity contribution in [1.29, 1.82) is 5.26 Å². The highest BCUT2D eigenvalue weighted by Gasteiger charge is 2.21. The van der Waals surface area contributed by atoms with Crippen LogP contribution in [0.3, 0.4) is 0 Å². The first-order chi connectivity index (χ1) is 9.76. The lowest BCUT2D eigenvalue weighted by atomic mass is 10.1. The van der Waals surface area contributed by atoms with Gasteiger partial charge in [-0.1, -0.05) is 6.07 Å². The molecule has 0 aromatic heterocycles. The van der Waals surface area contributed by atoms with Gasteiger partial charge in [-0.3, -0.25) is 4.79 Å². The molecule has 5 nitrogen and oxygen atoms in total. The number of carbonyl (C=O) groups is 1. The molecule has 1 aliphatic heterocycles. The van der Waals surface area contributed by atoms with Crippen molar-refractivity contribution in [2.75, 3.05) is 24.5 Å². The van der Waals surface area contributed by atoms with Crippen LogP contribution in [0.5, 0.6) is 0 Å². The van der Waals surface area contributed by atoms with Gasteiger partial charge < -0.3 is 15.5 Å². The minimum absolute atomic E-state index is 0.0135. The van der Waals surface area contributed by atoms with Crippen LogP contribution < -0.4 is 15.5 Å². The predicted octanol–water partition coefficient (Wildman–Crippen LogP) is 0.746. The maximum Gasteiger partial charge on any atom is 0.239 e. The van der Waals surface area contributed by atoms with Gasteiger partial charge in [0.15, 0.2) is 0 Å². The van der Waals surface area contributed by atoms with E-state index in [0.29, 0.717) is 24.7 Å². The summed E-state index contributed by atoms with van der Waals surface area (Å²) in [6.07, 6.45) is 2.51. The standard InChI is InChI=1S/C15H18N4O/c16-8-12-7-11(9-18-13-2-3-13)1-4-14(12)19-6-5-17-15(20)10-19/h1,4,7,13,18H,2-3,5-6,9-10H2,(H,17,20). The van der Waals surface area contributed by atoms with Gasteiger partial charge in [0.1, 0.15) is 6.07 Å². The highest BCUT2D eigenvalue weighted by atomic mass is 16.2. The number of anilines is 1. The summed E-state index contributed by atoms with van der Waals surface area (Å²) in [5.41, 5.74) is 2.63. The molecule has 104 valence electrons. The lowest BCUT2D eigenvalue weighted by Crippen LogP contribution is -2.47. The van der Waals surface area contributed by atoms with Crippen molar-refractivity contribution < 1.29 is 4.79 Å². The number of hydrogen-bond acceptors (Lipinski definition) is 4. The molecule has 5 heteroatoms. The Hall–Kier alpha value is -2.06. The molecule has 3 rings (SSSR count). The van der Waals surface area contributed by atoms with Crippen molar-refractivity contribution >= 4 is 11.6 Å². The fourth-order valence-corrected chi connectivity index (χ4v) is 2.45. The Morgan fingerprint density at radius 1 is 1.45 bits per heavy atom. The van der Waals surface area contributed by atoms with Crippen LogP contribution in [0.15, 0.2) is 18.2 Å². The number of benzene rings is 1. The topological polar surface area (TPSA) is 68.2 Å². The second-order valence-corrected chi connectivity index (χ2v) is 5.39. The highest BCUT2D eigenvalue weighted by molar-refractivity contribution is 5.83. The number of nitriles is 1. The van der Waals surface area contributed by atoms with Gasteiger partial charge in [-0.15, -0.1) is 0 Å². The molecule has 1 aromatic rings. The zero-order valence-corrected chi connectivity index (χ0v) is 11.4. The van der Waals surface area contributed by atoms with E-state index in [1.807, 2.05) is 23.1 Å². The minimum atomic E-state index is 0.0135. The van der Waals surface area contributed by atoms with Crippen molar-refractivity contribution in [2.45, 2.75) is 25.4 Å². The van der Waals surface area contributed by atoms with Crippen LogP contribution in [0.25, 0.3) is 0 Å². The summed E-state index contributed by atoms with van der Waals surface area (Å²) < 4.78 is 0. The molecule has 1 heterocycles. The van der Waals surface area contributed by atoms with E-state index in [2.05, 4.69) is 16.7 Å². The fourth-order valence-electron chi connectivity index (χ4n) is 2.45. The molecule has 0 unspecified atom stereocenters. The summed E-state index contributed by atoms with van der Waals surface area (Å²) in [6, 6.07) is 8.84. The van der Waals surface area contributed by atoms with Crippen molar-refractivity contribution in [3.8, 4) is 6.07 Å². The van der Waals surface area contributed by atoms with Crippen molar-refractivity contribution in [2.24, 2.45) is 0 Å². The third-order valence-electron chi connectivity index (χ3n) is 3.73. The number of amides is 1. The number of rotatable bonds is 4. The van der Waals surface area contributed by atoms with Gasteiger partial charge in [0, 0.05) is 25.7 Å². The molecule has 1 amide bonds. The monoisotopic (exact) mass is 270 g/mol. The van der Waals surface area contributed by atoms with Gasteiger partial charge in [0.25, 0.3) is 0 Å². The van der Waals surface area contributed by atoms with Crippen molar-refractivity contribution in [3.63, 3.8) is 0 Å². The average Bonchev–Trinajstić information content (AvgIpc) is 3.29. The van der Waals surface area contributed by atoms with Gasteiger partial charge in [0.2, 0.25) is 5.91 Å². The first kappa shape index (κ1) is 12.9. The van der Waals surface area contributed by atoms with E-state index < -0.39 is 0 Å². The Labute approximate surface area is 118 Å². The largest absolute Gasteiger partial charge is 0.359 e. The molecule has 2 aliphatic rings. The maximum atomic E-state index is 11.5. The van der Waals surface area contributed by atoms with E-state index in [0.717, 1.165) is 24.3 Å². The van der Waals surface area contributed by atoms with Crippen LogP contribution in [0.2, 0.25) is 0 Å². The zero-order chi connectivity index (χ0) is 13.9. The molecule has 0 radical (unpaired) electrons. The Morgan fingerprint density at radius 3 is 3.00 bits per heavy atom. The fraction of sp³-hybridized carbons (Fsp3) is 0.467. The van der Waals surface area contributed by atoms with Gasteiger partial charge in [0.05, 0.1) is 17.8 Å². The molecule has 1 saturated carbocycles. The molecule has 0 atom stereocenters. The van der Waals surface area contributed by atoms with Crippen LogP contribution >= 0.6 is 0 Å². The van der Waals surface area contributed by atoms with Crippen LogP contribution in [0, 0.1) is 11.3 Å². The summed E-state index contributed by atoms with van der Waals surface area (Å²) in [7, 11) is 0. The molecule has 1 saturated heterocycles. The number of nitrogens with zero attached hydrogens (tertiary/aromatic N) is 2. The predicted molar refractivity (Wildman–Crippen MR) is 76.2 cm³/mol. The van der Waals surface area contributed by atoms with Crippen molar-refractivity contribution in [3.05, 3.63) is 29.3 Å². The lowest BCUT2D eigenvalue weighted by Gasteiger charge is -2.29. The van der Waals surface area contributed by atoms with Crippen LogP contribution in [-0.2, 0) is 11.3 Å². The van der Waals surface area contributed by atoms with E-state index in [1.165, 1.54) is 12.8 Å². The molecule has 0 bridgehead atoms. The summed E-state index contributed by atoms with van der Waals surface area (Å²) >= 11 is 0. The molecule has 0 spiro atoms. The quantitative estimate of drug-likeness (QED) is 0.847. The second kappa shape index (κ2) is 5.51. The third-order valence-corrected chi connectivity index (χ3v) is 3.73. The average molecular weight is 270 g/mol. The van der Waals surface area contributed by atoms with E-state index >= 15 is 0 Å². The Bertz CT molecular complexity index is 559. The Balaban J connectivity index is 1.76. The summed E-state index contributed by atoms with van der Waals surface area (Å²) in [4.78, 5) is 13.4. The molecule has 1 aliphatic carbocycles. The highest BCUT2D eigenvalue weighted by Crippen LogP contribution is 2.23. The number of nitrogens with one attached hydrogen (secondary N) is 2. The molecule has 1 aromatic carbocycles. The van der Waals surface area contributed by atoms with Gasteiger partial charge >= 0.3 is 0 Å². The lowest BCUT2D eigenvalue weighted by molar-refractivity contribution is -0.120. The summed E-state index contributed by atoms with van der Waals surface area (Å²) in [5.74, 6) is 0.0135. The van der Waals surface area contributed by atoms with E-state index in [9.17, 15) is 10.1 Å². The second-order valence-electron chi connectivity index (χ2n) is 5.39. The van der Waals surface area contributed by atoms with Gasteiger partial charge in [-0.2, -0.15) is 5.26 Å². The normalized spacial score (nSPS) is 18.6. The van der Waals surface area contributed by atoms with Crippen LogP contribution in [0.4, 0.5) is 5.69 Å².